The number of fused-ring (bicyclic) bond motifs is 2. The zero-order valence-electron chi connectivity index (χ0n) is 12.5. The number of aryl methyl sites for hydroxylation is 1. The number of rotatable bonds is 3. The number of nitrogens with one attached hydrogen (secondary N) is 2. The van der Waals surface area contributed by atoms with Gasteiger partial charge in [-0.3, -0.25) is 4.79 Å². The summed E-state index contributed by atoms with van der Waals surface area (Å²) >= 11 is 1.68. The van der Waals surface area contributed by atoms with E-state index in [1.54, 1.807) is 11.8 Å². The lowest BCUT2D eigenvalue weighted by Crippen LogP contribution is -2.48. The molecule has 2 aliphatic rings. The highest BCUT2D eigenvalue weighted by Gasteiger charge is 2.34. The Morgan fingerprint density at radius 3 is 2.57 bits per heavy atom. The Morgan fingerprint density at radius 1 is 1.29 bits per heavy atom. The molecule has 21 heavy (non-hydrogen) atoms. The fourth-order valence-electron chi connectivity index (χ4n) is 3.41. The van der Waals surface area contributed by atoms with Crippen LogP contribution in [0.15, 0.2) is 23.1 Å². The normalized spacial score (nSPS) is 27.0. The third-order valence-corrected chi connectivity index (χ3v) is 5.22. The lowest BCUT2D eigenvalue weighted by molar-refractivity contribution is 0.0923. The van der Waals surface area contributed by atoms with Crippen LogP contribution in [-0.2, 0) is 0 Å². The Labute approximate surface area is 137 Å². The van der Waals surface area contributed by atoms with Gasteiger partial charge in [0.25, 0.3) is 5.91 Å². The minimum Gasteiger partial charge on any atom is -0.349 e. The van der Waals surface area contributed by atoms with E-state index in [-0.39, 0.29) is 18.3 Å². The zero-order valence-corrected chi connectivity index (χ0v) is 14.2. The van der Waals surface area contributed by atoms with Crippen LogP contribution in [0.5, 0.6) is 0 Å². The molecule has 2 N–H and O–H groups in total. The lowest BCUT2D eigenvalue weighted by Gasteiger charge is -2.29. The van der Waals surface area contributed by atoms with Gasteiger partial charge in [-0.15, -0.1) is 24.2 Å². The highest BCUT2D eigenvalue weighted by Crippen LogP contribution is 2.27. The maximum Gasteiger partial charge on any atom is 0.251 e. The van der Waals surface area contributed by atoms with Gasteiger partial charge in [-0.1, -0.05) is 6.07 Å². The minimum atomic E-state index is 0. The summed E-state index contributed by atoms with van der Waals surface area (Å²) in [6.07, 6.45) is 6.71. The summed E-state index contributed by atoms with van der Waals surface area (Å²) in [5, 5.41) is 6.85. The molecule has 1 aromatic carbocycles. The van der Waals surface area contributed by atoms with Crippen LogP contribution in [0.4, 0.5) is 0 Å². The van der Waals surface area contributed by atoms with Crippen molar-refractivity contribution < 1.29 is 4.79 Å². The Bertz CT molecular complexity index is 511. The first-order valence-electron chi connectivity index (χ1n) is 7.37. The van der Waals surface area contributed by atoms with Gasteiger partial charge in [-0.05, 0) is 56.6 Å². The molecule has 3 nitrogen and oxygen atoms in total. The van der Waals surface area contributed by atoms with Crippen LogP contribution in [0.3, 0.4) is 0 Å². The van der Waals surface area contributed by atoms with Crippen LogP contribution in [-0.4, -0.2) is 30.3 Å². The van der Waals surface area contributed by atoms with Crippen molar-refractivity contribution in [3.8, 4) is 0 Å². The van der Waals surface area contributed by atoms with E-state index in [2.05, 4.69) is 16.7 Å². The predicted molar refractivity (Wildman–Crippen MR) is 90.6 cm³/mol. The quantitative estimate of drug-likeness (QED) is 0.838. The molecule has 1 aromatic rings. The van der Waals surface area contributed by atoms with E-state index in [1.807, 2.05) is 25.3 Å². The Kier molecular flexibility index (Phi) is 5.58. The Balaban J connectivity index is 0.00000161. The first-order valence-corrected chi connectivity index (χ1v) is 8.59. The number of piperidine rings is 1. The second-order valence-corrected chi connectivity index (χ2v) is 6.84. The van der Waals surface area contributed by atoms with Gasteiger partial charge >= 0.3 is 0 Å². The molecule has 0 saturated carbocycles. The maximum atomic E-state index is 12.5. The van der Waals surface area contributed by atoms with Gasteiger partial charge in [0.2, 0.25) is 0 Å². The molecule has 5 heteroatoms. The molecule has 2 atom stereocenters. The first kappa shape index (κ1) is 16.7. The lowest BCUT2D eigenvalue weighted by atomic mass is 9.99. The molecular weight excluding hydrogens is 304 g/mol. The van der Waals surface area contributed by atoms with Gasteiger partial charge in [0.1, 0.15) is 0 Å². The summed E-state index contributed by atoms with van der Waals surface area (Å²) in [5.41, 5.74) is 1.87. The number of benzene rings is 1. The SMILES string of the molecule is CSc1ccc(C)c(C(=O)NC2CC3CCC(C2)N3)c1.Cl. The monoisotopic (exact) mass is 326 g/mol. The molecule has 2 fully saturated rings. The number of amides is 1. The van der Waals surface area contributed by atoms with Crippen molar-refractivity contribution >= 4 is 30.1 Å². The number of thioether (sulfide) groups is 1. The summed E-state index contributed by atoms with van der Waals surface area (Å²) in [6, 6.07) is 7.66. The summed E-state index contributed by atoms with van der Waals surface area (Å²) in [5.74, 6) is 0.0877. The van der Waals surface area contributed by atoms with Crippen molar-refractivity contribution in [2.75, 3.05) is 6.26 Å². The van der Waals surface area contributed by atoms with Crippen molar-refractivity contribution in [1.29, 1.82) is 0 Å². The van der Waals surface area contributed by atoms with E-state index in [4.69, 9.17) is 0 Å². The Hall–Kier alpha value is -0.710. The maximum absolute atomic E-state index is 12.5. The molecule has 0 radical (unpaired) electrons. The Morgan fingerprint density at radius 2 is 1.95 bits per heavy atom. The summed E-state index contributed by atoms with van der Waals surface area (Å²) < 4.78 is 0. The van der Waals surface area contributed by atoms with Crippen LogP contribution in [0.1, 0.15) is 41.6 Å². The molecule has 2 heterocycles. The van der Waals surface area contributed by atoms with Crippen LogP contribution in [0.25, 0.3) is 0 Å². The molecule has 3 rings (SSSR count). The van der Waals surface area contributed by atoms with Crippen molar-refractivity contribution in [3.05, 3.63) is 29.3 Å². The smallest absolute Gasteiger partial charge is 0.251 e. The topological polar surface area (TPSA) is 41.1 Å². The standard InChI is InChI=1S/C16H22N2OS.ClH/c1-10-3-6-14(20-2)9-15(10)16(19)18-13-7-11-4-5-12(8-13)17-11;/h3,6,9,11-13,17H,4-5,7-8H2,1-2H3,(H,18,19);1H. The van der Waals surface area contributed by atoms with Gasteiger partial charge in [0.05, 0.1) is 0 Å². The second kappa shape index (κ2) is 7.03. The third kappa shape index (κ3) is 3.74. The molecule has 116 valence electrons. The van der Waals surface area contributed by atoms with Gasteiger partial charge in [-0.2, -0.15) is 0 Å². The molecule has 2 aliphatic heterocycles. The fourth-order valence-corrected chi connectivity index (χ4v) is 3.85. The average molecular weight is 327 g/mol. The van der Waals surface area contributed by atoms with Gasteiger partial charge in [0, 0.05) is 28.6 Å². The molecule has 0 aliphatic carbocycles. The highest BCUT2D eigenvalue weighted by molar-refractivity contribution is 7.98. The largest absolute Gasteiger partial charge is 0.349 e. The molecule has 0 spiro atoms. The van der Waals surface area contributed by atoms with Crippen LogP contribution < -0.4 is 10.6 Å². The van der Waals surface area contributed by atoms with Crippen LogP contribution in [0.2, 0.25) is 0 Å². The number of hydrogen-bond donors (Lipinski definition) is 2. The summed E-state index contributed by atoms with van der Waals surface area (Å²) in [6.45, 7) is 2.01. The molecule has 2 unspecified atom stereocenters. The number of halogens is 1. The van der Waals surface area contributed by atoms with E-state index in [9.17, 15) is 4.79 Å². The fraction of sp³-hybridized carbons (Fsp3) is 0.562. The average Bonchev–Trinajstić information content (AvgIpc) is 2.78. The summed E-state index contributed by atoms with van der Waals surface area (Å²) in [7, 11) is 0. The second-order valence-electron chi connectivity index (χ2n) is 5.96. The minimum absolute atomic E-state index is 0. The van der Waals surface area contributed by atoms with Crippen molar-refractivity contribution in [1.82, 2.24) is 10.6 Å². The van der Waals surface area contributed by atoms with Crippen molar-refractivity contribution in [2.24, 2.45) is 0 Å². The zero-order chi connectivity index (χ0) is 14.1. The number of hydrogen-bond acceptors (Lipinski definition) is 3. The van der Waals surface area contributed by atoms with Crippen molar-refractivity contribution in [2.45, 2.75) is 55.6 Å². The van der Waals surface area contributed by atoms with Gasteiger partial charge < -0.3 is 10.6 Å². The van der Waals surface area contributed by atoms with E-state index < -0.39 is 0 Å². The van der Waals surface area contributed by atoms with Gasteiger partial charge in [-0.25, -0.2) is 0 Å². The summed E-state index contributed by atoms with van der Waals surface area (Å²) in [4.78, 5) is 13.6. The predicted octanol–water partition coefficient (Wildman–Crippen LogP) is 3.15. The molecule has 0 aromatic heterocycles. The molecular formula is C16H23ClN2OS. The number of carbonyl (C=O) groups is 1. The van der Waals surface area contributed by atoms with Crippen LogP contribution >= 0.6 is 24.2 Å². The highest BCUT2D eigenvalue weighted by atomic mass is 35.5. The molecule has 1 amide bonds. The molecule has 2 saturated heterocycles. The van der Waals surface area contributed by atoms with E-state index in [0.29, 0.717) is 18.1 Å². The molecule has 2 bridgehead atoms. The third-order valence-electron chi connectivity index (χ3n) is 4.50. The number of carbonyl (C=O) groups excluding carboxylic acids is 1. The van der Waals surface area contributed by atoms with Crippen LogP contribution in [0, 0.1) is 6.92 Å². The van der Waals surface area contributed by atoms with E-state index in [0.717, 1.165) is 28.9 Å². The van der Waals surface area contributed by atoms with E-state index in [1.165, 1.54) is 12.8 Å². The van der Waals surface area contributed by atoms with Crippen molar-refractivity contribution in [3.63, 3.8) is 0 Å². The van der Waals surface area contributed by atoms with Gasteiger partial charge in [0.15, 0.2) is 0 Å². The first-order chi connectivity index (χ1) is 9.65. The van der Waals surface area contributed by atoms with E-state index >= 15 is 0 Å².